The monoisotopic (exact) mass is 375 g/mol. The summed E-state index contributed by atoms with van der Waals surface area (Å²) in [7, 11) is -1.18. The number of hydrogen-bond donors (Lipinski definition) is 0. The van der Waals surface area contributed by atoms with Crippen LogP contribution >= 0.6 is 23.4 Å². The van der Waals surface area contributed by atoms with Gasteiger partial charge < -0.3 is 4.57 Å². The van der Waals surface area contributed by atoms with Gasteiger partial charge in [-0.25, -0.2) is 12.8 Å². The van der Waals surface area contributed by atoms with E-state index in [9.17, 15) is 12.8 Å². The lowest BCUT2D eigenvalue weighted by molar-refractivity contribution is 0.599. The summed E-state index contributed by atoms with van der Waals surface area (Å²) in [6, 6.07) is 4.58. The molecule has 124 valence electrons. The Hall–Kier alpha value is -1.12. The molecular weight excluding hydrogens is 361 g/mol. The Morgan fingerprint density at radius 2 is 2.22 bits per heavy atom. The third kappa shape index (κ3) is 3.54. The predicted molar refractivity (Wildman–Crippen MR) is 88.0 cm³/mol. The molecule has 0 aliphatic carbocycles. The number of thioether (sulfide) groups is 1. The van der Waals surface area contributed by atoms with Gasteiger partial charge in [0.2, 0.25) is 0 Å². The summed E-state index contributed by atoms with van der Waals surface area (Å²) in [6.07, 6.45) is 0.568. The van der Waals surface area contributed by atoms with E-state index < -0.39 is 9.84 Å². The molecule has 1 saturated heterocycles. The lowest BCUT2D eigenvalue weighted by Gasteiger charge is -2.08. The highest BCUT2D eigenvalue weighted by Gasteiger charge is 2.32. The van der Waals surface area contributed by atoms with Gasteiger partial charge in [-0.2, -0.15) is 0 Å². The van der Waals surface area contributed by atoms with Gasteiger partial charge in [-0.15, -0.1) is 10.2 Å². The Morgan fingerprint density at radius 3 is 2.87 bits per heavy atom. The normalized spacial score (nSPS) is 20.0. The fourth-order valence-electron chi connectivity index (χ4n) is 2.61. The number of benzene rings is 1. The van der Waals surface area contributed by atoms with Crippen molar-refractivity contribution >= 4 is 33.2 Å². The summed E-state index contributed by atoms with van der Waals surface area (Å²) in [4.78, 5) is 0. The van der Waals surface area contributed by atoms with Crippen molar-refractivity contribution in [2.75, 3.05) is 11.5 Å². The van der Waals surface area contributed by atoms with E-state index in [1.54, 1.807) is 23.7 Å². The predicted octanol–water partition coefficient (Wildman–Crippen LogP) is 2.80. The minimum atomic E-state index is -2.97. The van der Waals surface area contributed by atoms with Crippen LogP contribution in [0.15, 0.2) is 23.4 Å². The molecule has 2 heterocycles. The van der Waals surface area contributed by atoms with E-state index in [0.717, 1.165) is 0 Å². The lowest BCUT2D eigenvalue weighted by Crippen LogP contribution is -2.09. The molecule has 1 fully saturated rings. The van der Waals surface area contributed by atoms with Crippen LogP contribution < -0.4 is 0 Å². The first kappa shape index (κ1) is 16.7. The van der Waals surface area contributed by atoms with Crippen molar-refractivity contribution in [1.29, 1.82) is 0 Å². The zero-order chi connectivity index (χ0) is 16.6. The number of rotatable bonds is 4. The second-order valence-electron chi connectivity index (χ2n) is 5.49. The van der Waals surface area contributed by atoms with Crippen molar-refractivity contribution in [2.24, 2.45) is 7.05 Å². The van der Waals surface area contributed by atoms with E-state index in [2.05, 4.69) is 10.2 Å². The molecule has 1 aliphatic rings. The molecule has 2 aromatic rings. The van der Waals surface area contributed by atoms with Gasteiger partial charge in [0.1, 0.15) is 11.6 Å². The van der Waals surface area contributed by atoms with Crippen LogP contribution in [0, 0.1) is 5.82 Å². The summed E-state index contributed by atoms with van der Waals surface area (Å²) in [6.45, 7) is 0. The molecule has 3 rings (SSSR count). The van der Waals surface area contributed by atoms with E-state index >= 15 is 0 Å². The topological polar surface area (TPSA) is 64.8 Å². The Kier molecular flexibility index (Phi) is 4.66. The largest absolute Gasteiger partial charge is 0.309 e. The van der Waals surface area contributed by atoms with Crippen LogP contribution in [0.4, 0.5) is 4.39 Å². The highest BCUT2D eigenvalue weighted by molar-refractivity contribution is 7.98. The summed E-state index contributed by atoms with van der Waals surface area (Å²) in [5.41, 5.74) is 0.423. The maximum absolute atomic E-state index is 13.8. The molecule has 1 aromatic carbocycles. The Labute approximate surface area is 143 Å². The van der Waals surface area contributed by atoms with Crippen LogP contribution in [-0.4, -0.2) is 34.7 Å². The van der Waals surface area contributed by atoms with Crippen LogP contribution in [-0.2, 0) is 22.6 Å². The van der Waals surface area contributed by atoms with Crippen LogP contribution in [0.3, 0.4) is 0 Å². The first-order valence-corrected chi connectivity index (χ1v) is 10.2. The fraction of sp³-hybridized carbons (Fsp3) is 0.429. The quantitative estimate of drug-likeness (QED) is 0.769. The Bertz CT molecular complexity index is 818. The third-order valence-electron chi connectivity index (χ3n) is 3.87. The average molecular weight is 376 g/mol. The number of halogens is 2. The fourth-order valence-corrected chi connectivity index (χ4v) is 5.61. The van der Waals surface area contributed by atoms with Crippen LogP contribution in [0.5, 0.6) is 0 Å². The maximum atomic E-state index is 13.8. The SMILES string of the molecule is Cn1c(SCc2c(F)cccc2Cl)nnc1[C@H]1CCS(=O)(=O)C1. The second-order valence-corrected chi connectivity index (χ2v) is 9.07. The van der Waals surface area contributed by atoms with Gasteiger partial charge in [0.25, 0.3) is 0 Å². The van der Waals surface area contributed by atoms with Crippen molar-refractivity contribution in [3.05, 3.63) is 40.4 Å². The van der Waals surface area contributed by atoms with E-state index in [4.69, 9.17) is 11.6 Å². The molecule has 0 saturated carbocycles. The molecule has 0 bridgehead atoms. The van der Waals surface area contributed by atoms with Crippen molar-refractivity contribution in [1.82, 2.24) is 14.8 Å². The number of hydrogen-bond acceptors (Lipinski definition) is 5. The van der Waals surface area contributed by atoms with E-state index in [1.165, 1.54) is 17.8 Å². The zero-order valence-corrected chi connectivity index (χ0v) is 14.8. The molecule has 0 N–H and O–H groups in total. The van der Waals surface area contributed by atoms with Crippen LogP contribution in [0.25, 0.3) is 0 Å². The minimum Gasteiger partial charge on any atom is -0.309 e. The molecule has 1 aromatic heterocycles. The third-order valence-corrected chi connectivity index (χ3v) is 7.04. The summed E-state index contributed by atoms with van der Waals surface area (Å²) in [5, 5.41) is 9.21. The van der Waals surface area contributed by atoms with Gasteiger partial charge in [0.05, 0.1) is 11.5 Å². The molecule has 0 amide bonds. The molecule has 0 spiro atoms. The highest BCUT2D eigenvalue weighted by Crippen LogP contribution is 2.31. The number of sulfone groups is 1. The summed E-state index contributed by atoms with van der Waals surface area (Å²) < 4.78 is 38.8. The summed E-state index contributed by atoms with van der Waals surface area (Å²) >= 11 is 7.34. The molecule has 0 unspecified atom stereocenters. The van der Waals surface area contributed by atoms with Gasteiger partial charge in [0.15, 0.2) is 15.0 Å². The molecular formula is C14H15ClFN3O2S2. The van der Waals surface area contributed by atoms with Crippen molar-refractivity contribution in [3.8, 4) is 0 Å². The minimum absolute atomic E-state index is 0.114. The molecule has 9 heteroatoms. The van der Waals surface area contributed by atoms with Gasteiger partial charge in [-0.05, 0) is 18.6 Å². The van der Waals surface area contributed by atoms with Crippen LogP contribution in [0.2, 0.25) is 5.02 Å². The van der Waals surface area contributed by atoms with Gasteiger partial charge in [0, 0.05) is 29.3 Å². The van der Waals surface area contributed by atoms with Crippen molar-refractivity contribution in [3.63, 3.8) is 0 Å². The molecule has 23 heavy (non-hydrogen) atoms. The van der Waals surface area contributed by atoms with Gasteiger partial charge in [-0.3, -0.25) is 0 Å². The zero-order valence-electron chi connectivity index (χ0n) is 12.4. The molecule has 0 radical (unpaired) electrons. The Balaban J connectivity index is 1.75. The maximum Gasteiger partial charge on any atom is 0.191 e. The van der Waals surface area contributed by atoms with Crippen LogP contribution in [0.1, 0.15) is 23.7 Å². The standard InChI is InChI=1S/C14H15ClFN3O2S2/c1-19-13(9-5-6-23(20,21)8-9)17-18-14(19)22-7-10-11(15)3-2-4-12(10)16/h2-4,9H,5-8H2,1H3/t9-/m0/s1. The second kappa shape index (κ2) is 6.41. The average Bonchev–Trinajstić information content (AvgIpc) is 3.01. The van der Waals surface area contributed by atoms with Crippen molar-refractivity contribution in [2.45, 2.75) is 23.2 Å². The molecule has 1 atom stereocenters. The first-order valence-electron chi connectivity index (χ1n) is 7.03. The summed E-state index contributed by atoms with van der Waals surface area (Å²) in [5.74, 6) is 0.826. The molecule has 5 nitrogen and oxygen atoms in total. The number of nitrogens with zero attached hydrogens (tertiary/aromatic N) is 3. The van der Waals surface area contributed by atoms with E-state index in [-0.39, 0.29) is 23.2 Å². The lowest BCUT2D eigenvalue weighted by atomic mass is 10.1. The smallest absolute Gasteiger partial charge is 0.191 e. The molecule has 1 aliphatic heterocycles. The highest BCUT2D eigenvalue weighted by atomic mass is 35.5. The van der Waals surface area contributed by atoms with Gasteiger partial charge in [-0.1, -0.05) is 29.4 Å². The van der Waals surface area contributed by atoms with E-state index in [0.29, 0.717) is 33.7 Å². The number of aromatic nitrogens is 3. The Morgan fingerprint density at radius 1 is 1.43 bits per heavy atom. The first-order chi connectivity index (χ1) is 10.9. The van der Waals surface area contributed by atoms with Gasteiger partial charge >= 0.3 is 0 Å². The van der Waals surface area contributed by atoms with E-state index in [1.807, 2.05) is 0 Å². The van der Waals surface area contributed by atoms with Crippen molar-refractivity contribution < 1.29 is 12.8 Å².